The molecule has 0 saturated carbocycles. The molecule has 0 fully saturated rings. The van der Waals surface area contributed by atoms with Crippen molar-refractivity contribution in [2.75, 3.05) is 5.32 Å². The Balaban J connectivity index is 1.50. The van der Waals surface area contributed by atoms with Gasteiger partial charge in [-0.1, -0.05) is 23.5 Å². The number of hydrogen-bond donors (Lipinski definition) is 1. The van der Waals surface area contributed by atoms with Crippen molar-refractivity contribution in [3.8, 4) is 0 Å². The van der Waals surface area contributed by atoms with Gasteiger partial charge in [0.1, 0.15) is 5.76 Å². The molecule has 0 radical (unpaired) electrons. The fourth-order valence-electron chi connectivity index (χ4n) is 2.59. The van der Waals surface area contributed by atoms with Crippen LogP contribution in [0.15, 0.2) is 63.9 Å². The Morgan fingerprint density at radius 1 is 1.23 bits per heavy atom. The minimum absolute atomic E-state index is 0.125. The van der Waals surface area contributed by atoms with Crippen molar-refractivity contribution < 1.29 is 9.21 Å². The average molecular weight is 365 g/mol. The average Bonchev–Trinajstić information content (AvgIpc) is 3.23. The van der Waals surface area contributed by atoms with Crippen LogP contribution in [0.3, 0.4) is 0 Å². The molecule has 130 valence electrons. The number of furan rings is 1. The summed E-state index contributed by atoms with van der Waals surface area (Å²) in [5.74, 6) is 0.343. The summed E-state index contributed by atoms with van der Waals surface area (Å²) in [6, 6.07) is 14.2. The number of thiazole rings is 1. The summed E-state index contributed by atoms with van der Waals surface area (Å²) in [6.45, 7) is 2.28. The molecule has 26 heavy (non-hydrogen) atoms. The van der Waals surface area contributed by atoms with Crippen LogP contribution in [-0.4, -0.2) is 15.5 Å². The van der Waals surface area contributed by atoms with E-state index in [1.807, 2.05) is 25.1 Å². The van der Waals surface area contributed by atoms with E-state index in [0.717, 1.165) is 15.8 Å². The first-order valence-electron chi connectivity index (χ1n) is 8.01. The molecular formula is C19H15N3O3S. The van der Waals surface area contributed by atoms with Crippen molar-refractivity contribution in [2.45, 2.75) is 13.5 Å². The van der Waals surface area contributed by atoms with E-state index in [9.17, 15) is 9.59 Å². The van der Waals surface area contributed by atoms with Crippen LogP contribution in [0.4, 0.5) is 5.13 Å². The fourth-order valence-corrected chi connectivity index (χ4v) is 3.55. The molecule has 4 aromatic rings. The maximum atomic E-state index is 12.4. The third kappa shape index (κ3) is 3.29. The zero-order valence-electron chi connectivity index (χ0n) is 13.9. The molecule has 0 spiro atoms. The summed E-state index contributed by atoms with van der Waals surface area (Å²) < 4.78 is 8.10. The molecule has 7 heteroatoms. The molecule has 4 rings (SSSR count). The highest BCUT2D eigenvalue weighted by Gasteiger charge is 2.14. The van der Waals surface area contributed by atoms with Gasteiger partial charge in [0, 0.05) is 12.3 Å². The number of fused-ring (bicyclic) bond motifs is 1. The lowest BCUT2D eigenvalue weighted by Crippen LogP contribution is -2.18. The summed E-state index contributed by atoms with van der Waals surface area (Å²) in [5, 5.41) is 3.28. The zero-order valence-corrected chi connectivity index (χ0v) is 14.7. The number of pyridine rings is 1. The maximum Gasteiger partial charge on any atom is 0.293 e. The number of anilines is 1. The van der Waals surface area contributed by atoms with E-state index in [0.29, 0.717) is 10.9 Å². The van der Waals surface area contributed by atoms with E-state index in [4.69, 9.17) is 4.42 Å². The first-order valence-corrected chi connectivity index (χ1v) is 8.83. The lowest BCUT2D eigenvalue weighted by molar-refractivity contribution is 0.0995. The molecule has 1 N–H and O–H groups in total. The summed E-state index contributed by atoms with van der Waals surface area (Å²) in [6.07, 6.45) is 1.67. The van der Waals surface area contributed by atoms with Gasteiger partial charge >= 0.3 is 0 Å². The molecule has 0 bridgehead atoms. The van der Waals surface area contributed by atoms with Crippen LogP contribution in [0.1, 0.15) is 21.9 Å². The van der Waals surface area contributed by atoms with E-state index >= 15 is 0 Å². The molecule has 0 atom stereocenters. The van der Waals surface area contributed by atoms with E-state index < -0.39 is 0 Å². The Kier molecular flexibility index (Phi) is 4.14. The second-order valence-corrected chi connectivity index (χ2v) is 6.91. The van der Waals surface area contributed by atoms with Crippen LogP contribution in [0.25, 0.3) is 10.2 Å². The molecule has 0 unspecified atom stereocenters. The first kappa shape index (κ1) is 16.3. The number of rotatable bonds is 4. The predicted octanol–water partition coefficient (Wildman–Crippen LogP) is 3.66. The van der Waals surface area contributed by atoms with E-state index in [-0.39, 0.29) is 23.8 Å². The predicted molar refractivity (Wildman–Crippen MR) is 101 cm³/mol. The molecule has 3 aromatic heterocycles. The number of amides is 1. The molecule has 1 amide bonds. The Labute approximate surface area is 152 Å². The number of carbonyl (C=O) groups excluding carboxylic acids is 1. The van der Waals surface area contributed by atoms with Gasteiger partial charge in [-0.15, -0.1) is 0 Å². The largest absolute Gasteiger partial charge is 0.454 e. The third-order valence-electron chi connectivity index (χ3n) is 3.88. The second kappa shape index (κ2) is 6.61. The Morgan fingerprint density at radius 3 is 2.96 bits per heavy atom. The smallest absolute Gasteiger partial charge is 0.293 e. The summed E-state index contributed by atoms with van der Waals surface area (Å²) in [4.78, 5) is 28.5. The topological polar surface area (TPSA) is 77.1 Å². The molecule has 0 aliphatic heterocycles. The first-order chi connectivity index (χ1) is 12.6. The van der Waals surface area contributed by atoms with Crippen LogP contribution < -0.4 is 10.9 Å². The molecule has 1 aromatic carbocycles. The quantitative estimate of drug-likeness (QED) is 0.599. The summed E-state index contributed by atoms with van der Waals surface area (Å²) in [5.41, 5.74) is 1.87. The minimum atomic E-state index is -0.368. The Morgan fingerprint density at radius 2 is 2.12 bits per heavy atom. The Hall–Kier alpha value is -3.19. The number of aryl methyl sites for hydroxylation is 1. The van der Waals surface area contributed by atoms with Crippen LogP contribution >= 0.6 is 11.3 Å². The lowest BCUT2D eigenvalue weighted by atomic mass is 10.2. The molecule has 0 saturated heterocycles. The van der Waals surface area contributed by atoms with Gasteiger partial charge < -0.3 is 8.98 Å². The monoisotopic (exact) mass is 365 g/mol. The molecule has 0 aliphatic carbocycles. The highest BCUT2D eigenvalue weighted by atomic mass is 32.1. The number of hydrogen-bond acceptors (Lipinski definition) is 5. The minimum Gasteiger partial charge on any atom is -0.454 e. The van der Waals surface area contributed by atoms with Gasteiger partial charge in [-0.25, -0.2) is 4.98 Å². The SMILES string of the molecule is Cc1ccc2nc(NC(=O)c3ccc(Cn4ccccc4=O)o3)sc2c1. The standard InChI is InChI=1S/C19H15N3O3S/c1-12-5-7-14-16(10-12)26-19(20-14)21-18(24)15-8-6-13(25-15)11-22-9-3-2-4-17(22)23/h2-10H,11H2,1H3,(H,20,21,24). The number of aromatic nitrogens is 2. The van der Waals surface area contributed by atoms with Gasteiger partial charge in [0.2, 0.25) is 0 Å². The van der Waals surface area contributed by atoms with Gasteiger partial charge in [-0.3, -0.25) is 14.9 Å². The molecule has 6 nitrogen and oxygen atoms in total. The second-order valence-electron chi connectivity index (χ2n) is 5.88. The van der Waals surface area contributed by atoms with Crippen molar-refractivity contribution in [1.29, 1.82) is 0 Å². The molecule has 3 heterocycles. The van der Waals surface area contributed by atoms with Gasteiger partial charge in [-0.2, -0.15) is 0 Å². The van der Waals surface area contributed by atoms with Gasteiger partial charge in [0.25, 0.3) is 11.5 Å². The van der Waals surface area contributed by atoms with E-state index in [1.165, 1.54) is 22.0 Å². The number of nitrogens with one attached hydrogen (secondary N) is 1. The normalized spacial score (nSPS) is 11.0. The van der Waals surface area contributed by atoms with Crippen LogP contribution in [0, 0.1) is 6.92 Å². The molecule has 0 aliphatic rings. The highest BCUT2D eigenvalue weighted by Crippen LogP contribution is 2.27. The van der Waals surface area contributed by atoms with Gasteiger partial charge in [0.15, 0.2) is 10.9 Å². The van der Waals surface area contributed by atoms with Crippen LogP contribution in [0.5, 0.6) is 0 Å². The van der Waals surface area contributed by atoms with Crippen LogP contribution in [0.2, 0.25) is 0 Å². The van der Waals surface area contributed by atoms with E-state index in [2.05, 4.69) is 10.3 Å². The van der Waals surface area contributed by atoms with Gasteiger partial charge in [0.05, 0.1) is 16.8 Å². The Bertz CT molecular complexity index is 1160. The van der Waals surface area contributed by atoms with Crippen molar-refractivity contribution in [2.24, 2.45) is 0 Å². The van der Waals surface area contributed by atoms with Crippen molar-refractivity contribution in [1.82, 2.24) is 9.55 Å². The fraction of sp³-hybridized carbons (Fsp3) is 0.105. The summed E-state index contributed by atoms with van der Waals surface area (Å²) in [7, 11) is 0. The third-order valence-corrected chi connectivity index (χ3v) is 4.81. The van der Waals surface area contributed by atoms with Crippen molar-refractivity contribution in [3.05, 3.63) is 82.2 Å². The molecular weight excluding hydrogens is 350 g/mol. The van der Waals surface area contributed by atoms with Crippen molar-refractivity contribution >= 4 is 32.6 Å². The number of benzene rings is 1. The number of carbonyl (C=O) groups is 1. The highest BCUT2D eigenvalue weighted by molar-refractivity contribution is 7.22. The van der Waals surface area contributed by atoms with Gasteiger partial charge in [-0.05, 0) is 42.8 Å². The summed E-state index contributed by atoms with van der Waals surface area (Å²) >= 11 is 1.42. The van der Waals surface area contributed by atoms with Crippen molar-refractivity contribution in [3.63, 3.8) is 0 Å². The van der Waals surface area contributed by atoms with Crippen LogP contribution in [-0.2, 0) is 6.54 Å². The lowest BCUT2D eigenvalue weighted by Gasteiger charge is -2.02. The van der Waals surface area contributed by atoms with E-state index in [1.54, 1.807) is 30.5 Å². The maximum absolute atomic E-state index is 12.4. The zero-order chi connectivity index (χ0) is 18.1. The number of nitrogens with zero attached hydrogens (tertiary/aromatic N) is 2.